The molecule has 0 fully saturated rings. The third-order valence-electron chi connectivity index (χ3n) is 6.26. The number of nitrogens with one attached hydrogen (secondary N) is 1. The number of halogens is 1. The molecule has 0 aliphatic heterocycles. The molecule has 3 rings (SSSR count). The zero-order valence-electron chi connectivity index (χ0n) is 22.5. The minimum Gasteiger partial charge on any atom is -0.493 e. The zero-order valence-corrected chi connectivity index (χ0v) is 24.0. The van der Waals surface area contributed by atoms with Gasteiger partial charge in [0.15, 0.2) is 11.5 Å². The van der Waals surface area contributed by atoms with Gasteiger partial charge < -0.3 is 19.7 Å². The minimum absolute atomic E-state index is 0.00253. The van der Waals surface area contributed by atoms with Gasteiger partial charge in [0.25, 0.3) is 10.0 Å². The number of likely N-dealkylation sites (N-methyl/N-ethyl adjacent to an activating group) is 1. The van der Waals surface area contributed by atoms with Crippen LogP contribution in [0.2, 0.25) is 5.02 Å². The molecule has 1 atom stereocenters. The summed E-state index contributed by atoms with van der Waals surface area (Å²) in [6, 6.07) is 16.9. The maximum atomic E-state index is 13.9. The van der Waals surface area contributed by atoms with Gasteiger partial charge in [0.1, 0.15) is 12.6 Å². The Morgan fingerprint density at radius 2 is 1.62 bits per heavy atom. The molecule has 208 valence electrons. The third-order valence-corrected chi connectivity index (χ3v) is 8.41. The van der Waals surface area contributed by atoms with Crippen molar-refractivity contribution in [2.24, 2.45) is 0 Å². The molecule has 1 unspecified atom stereocenters. The fraction of sp³-hybridized carbons (Fsp3) is 0.286. The number of nitrogens with zero attached hydrogens (tertiary/aromatic N) is 2. The van der Waals surface area contributed by atoms with Gasteiger partial charge >= 0.3 is 0 Å². The molecule has 3 aromatic carbocycles. The summed E-state index contributed by atoms with van der Waals surface area (Å²) < 4.78 is 39.5. The van der Waals surface area contributed by atoms with E-state index in [1.54, 1.807) is 49.4 Å². The Kier molecular flexibility index (Phi) is 9.82. The fourth-order valence-electron chi connectivity index (χ4n) is 3.95. The molecule has 0 aliphatic carbocycles. The molecule has 0 radical (unpaired) electrons. The number of carbonyl (C=O) groups excluding carboxylic acids is 2. The minimum atomic E-state index is -4.21. The normalized spacial score (nSPS) is 11.8. The van der Waals surface area contributed by atoms with E-state index in [4.69, 9.17) is 21.1 Å². The Morgan fingerprint density at radius 1 is 0.974 bits per heavy atom. The van der Waals surface area contributed by atoms with Crippen molar-refractivity contribution < 1.29 is 27.5 Å². The summed E-state index contributed by atoms with van der Waals surface area (Å²) in [6.07, 6.45) is 0. The molecule has 0 saturated carbocycles. The first-order chi connectivity index (χ1) is 18.5. The van der Waals surface area contributed by atoms with Crippen molar-refractivity contribution in [3.8, 4) is 11.5 Å². The molecule has 2 amide bonds. The first-order valence-electron chi connectivity index (χ1n) is 12.1. The Morgan fingerprint density at radius 3 is 2.21 bits per heavy atom. The molecule has 0 heterocycles. The number of anilines is 1. The Hall–Kier alpha value is -3.76. The molecule has 0 spiro atoms. The number of hydrogen-bond donors (Lipinski definition) is 1. The Balaban J connectivity index is 2.10. The van der Waals surface area contributed by atoms with Crippen LogP contribution in [0.5, 0.6) is 11.5 Å². The maximum Gasteiger partial charge on any atom is 0.264 e. The first-order valence-corrected chi connectivity index (χ1v) is 13.9. The van der Waals surface area contributed by atoms with E-state index in [2.05, 4.69) is 5.32 Å². The topological polar surface area (TPSA) is 105 Å². The van der Waals surface area contributed by atoms with Crippen LogP contribution in [0.25, 0.3) is 0 Å². The Labute approximate surface area is 234 Å². The molecular weight excluding hydrogens is 542 g/mol. The van der Waals surface area contributed by atoms with Crippen LogP contribution < -0.4 is 19.1 Å². The number of sulfonamides is 1. The highest BCUT2D eigenvalue weighted by Crippen LogP contribution is 2.34. The van der Waals surface area contributed by atoms with Crippen molar-refractivity contribution in [1.29, 1.82) is 0 Å². The van der Waals surface area contributed by atoms with Crippen molar-refractivity contribution in [2.75, 3.05) is 32.1 Å². The quantitative estimate of drug-likeness (QED) is 0.371. The smallest absolute Gasteiger partial charge is 0.264 e. The Bertz CT molecular complexity index is 1430. The largest absolute Gasteiger partial charge is 0.493 e. The summed E-state index contributed by atoms with van der Waals surface area (Å²) in [5, 5.41) is 2.97. The van der Waals surface area contributed by atoms with Gasteiger partial charge in [0.05, 0.1) is 24.8 Å². The molecule has 1 N–H and O–H groups in total. The monoisotopic (exact) mass is 573 g/mol. The van der Waals surface area contributed by atoms with E-state index in [-0.39, 0.29) is 17.1 Å². The average Bonchev–Trinajstić information content (AvgIpc) is 2.94. The SMILES string of the molecule is CNC(=O)C(C)N(Cc1ccccc1Cl)C(=O)CN(c1ccc(OC)c(OC)c1)S(=O)(=O)c1ccc(C)cc1. The van der Waals surface area contributed by atoms with Crippen molar-refractivity contribution in [1.82, 2.24) is 10.2 Å². The van der Waals surface area contributed by atoms with Crippen LogP contribution in [0, 0.1) is 6.92 Å². The lowest BCUT2D eigenvalue weighted by atomic mass is 10.1. The summed E-state index contributed by atoms with van der Waals surface area (Å²) in [5.74, 6) is -0.321. The number of amides is 2. The van der Waals surface area contributed by atoms with E-state index in [1.807, 2.05) is 6.92 Å². The fourth-order valence-corrected chi connectivity index (χ4v) is 5.55. The molecular formula is C28H32ClN3O6S. The summed E-state index contributed by atoms with van der Waals surface area (Å²) >= 11 is 6.35. The van der Waals surface area contributed by atoms with Crippen LogP contribution in [-0.2, 0) is 26.2 Å². The third kappa shape index (κ3) is 6.82. The first kappa shape index (κ1) is 29.8. The highest BCUT2D eigenvalue weighted by molar-refractivity contribution is 7.92. The van der Waals surface area contributed by atoms with Crippen molar-refractivity contribution in [3.05, 3.63) is 82.9 Å². The highest BCUT2D eigenvalue weighted by atomic mass is 35.5. The van der Waals surface area contributed by atoms with Gasteiger partial charge in [-0.15, -0.1) is 0 Å². The molecule has 39 heavy (non-hydrogen) atoms. The van der Waals surface area contributed by atoms with Crippen LogP contribution in [0.3, 0.4) is 0 Å². The van der Waals surface area contributed by atoms with Crippen LogP contribution in [0.4, 0.5) is 5.69 Å². The number of rotatable bonds is 11. The predicted molar refractivity (Wildman–Crippen MR) is 151 cm³/mol. The van der Waals surface area contributed by atoms with E-state index < -0.39 is 34.4 Å². The predicted octanol–water partition coefficient (Wildman–Crippen LogP) is 4.02. The van der Waals surface area contributed by atoms with Gasteiger partial charge in [-0.05, 0) is 49.7 Å². The van der Waals surface area contributed by atoms with Crippen LogP contribution >= 0.6 is 11.6 Å². The number of carbonyl (C=O) groups is 2. The van der Waals surface area contributed by atoms with Gasteiger partial charge in [-0.3, -0.25) is 13.9 Å². The summed E-state index contributed by atoms with van der Waals surface area (Å²) in [7, 11) is 0.153. The number of methoxy groups -OCH3 is 2. The number of benzene rings is 3. The lowest BCUT2D eigenvalue weighted by molar-refractivity contribution is -0.139. The molecule has 0 bridgehead atoms. The van der Waals surface area contributed by atoms with Gasteiger partial charge in [-0.1, -0.05) is 47.5 Å². The van der Waals surface area contributed by atoms with Crippen molar-refractivity contribution in [3.63, 3.8) is 0 Å². The number of hydrogen-bond acceptors (Lipinski definition) is 6. The molecule has 9 nitrogen and oxygen atoms in total. The highest BCUT2D eigenvalue weighted by Gasteiger charge is 2.33. The molecule has 11 heteroatoms. The second kappa shape index (κ2) is 12.9. The average molecular weight is 574 g/mol. The molecule has 0 aliphatic rings. The summed E-state index contributed by atoms with van der Waals surface area (Å²) in [4.78, 5) is 27.8. The standard InChI is InChI=1S/C28H32ClN3O6S/c1-19-10-13-23(14-11-19)39(35,36)32(22-12-15-25(37-4)26(16-22)38-5)18-27(33)31(20(2)28(34)30-3)17-21-8-6-7-9-24(21)29/h6-16,20H,17-18H2,1-5H3,(H,30,34). The molecule has 0 aromatic heterocycles. The summed E-state index contributed by atoms with van der Waals surface area (Å²) in [5.41, 5.74) is 1.68. The van der Waals surface area contributed by atoms with E-state index in [0.717, 1.165) is 9.87 Å². The lowest BCUT2D eigenvalue weighted by Crippen LogP contribution is -2.50. The number of ether oxygens (including phenoxy) is 2. The van der Waals surface area contributed by atoms with Crippen molar-refractivity contribution in [2.45, 2.75) is 31.3 Å². The number of aryl methyl sites for hydroxylation is 1. The van der Waals surface area contributed by atoms with Crippen LogP contribution in [0.1, 0.15) is 18.1 Å². The van der Waals surface area contributed by atoms with E-state index in [9.17, 15) is 18.0 Å². The zero-order chi connectivity index (χ0) is 28.7. The molecule has 0 saturated heterocycles. The second-order valence-corrected chi connectivity index (χ2v) is 11.0. The second-order valence-electron chi connectivity index (χ2n) is 8.77. The van der Waals surface area contributed by atoms with Crippen LogP contribution in [-0.4, -0.2) is 59.0 Å². The molecule has 3 aromatic rings. The van der Waals surface area contributed by atoms with E-state index in [0.29, 0.717) is 22.1 Å². The van der Waals surface area contributed by atoms with E-state index in [1.165, 1.54) is 50.4 Å². The maximum absolute atomic E-state index is 13.9. The lowest BCUT2D eigenvalue weighted by Gasteiger charge is -2.32. The summed E-state index contributed by atoms with van der Waals surface area (Å²) in [6.45, 7) is 2.83. The van der Waals surface area contributed by atoms with E-state index >= 15 is 0 Å². The van der Waals surface area contributed by atoms with Gasteiger partial charge in [0.2, 0.25) is 11.8 Å². The van der Waals surface area contributed by atoms with Gasteiger partial charge in [-0.2, -0.15) is 0 Å². The van der Waals surface area contributed by atoms with Crippen molar-refractivity contribution >= 4 is 39.1 Å². The van der Waals surface area contributed by atoms with Gasteiger partial charge in [-0.25, -0.2) is 8.42 Å². The van der Waals surface area contributed by atoms with Crippen LogP contribution in [0.15, 0.2) is 71.6 Å². The van der Waals surface area contributed by atoms with Gasteiger partial charge in [0, 0.05) is 24.7 Å².